The number of aromatic nitrogens is 2. The third-order valence-electron chi connectivity index (χ3n) is 2.39. The molecule has 0 aliphatic heterocycles. The second-order valence-electron chi connectivity index (χ2n) is 3.71. The smallest absolute Gasteiger partial charge is 0.339 e. The van der Waals surface area contributed by atoms with E-state index < -0.39 is 11.9 Å². The second-order valence-corrected chi connectivity index (χ2v) is 4.78. The number of aryl methyl sites for hydroxylation is 2. The van der Waals surface area contributed by atoms with E-state index >= 15 is 0 Å². The van der Waals surface area contributed by atoms with E-state index in [9.17, 15) is 9.59 Å². The molecule has 6 nitrogen and oxygen atoms in total. The summed E-state index contributed by atoms with van der Waals surface area (Å²) in [6, 6.07) is 0. The Kier molecular flexibility index (Phi) is 3.15. The molecule has 18 heavy (non-hydrogen) atoms. The number of hydrogen-bond acceptors (Lipinski definition) is 4. The summed E-state index contributed by atoms with van der Waals surface area (Å²) in [5, 5.41) is 14.0. The lowest BCUT2D eigenvalue weighted by Crippen LogP contribution is -2.14. The molecule has 0 fully saturated rings. The highest BCUT2D eigenvalue weighted by molar-refractivity contribution is 7.09. The van der Waals surface area contributed by atoms with Gasteiger partial charge < -0.3 is 15.4 Å². The van der Waals surface area contributed by atoms with Crippen molar-refractivity contribution in [3.05, 3.63) is 33.5 Å². The quantitative estimate of drug-likeness (QED) is 0.791. The number of nitrogens with one attached hydrogen (secondary N) is 2. The van der Waals surface area contributed by atoms with Crippen LogP contribution in [0.1, 0.15) is 31.5 Å². The van der Waals surface area contributed by atoms with Crippen LogP contribution in [0.15, 0.2) is 11.6 Å². The van der Waals surface area contributed by atoms with Crippen LogP contribution in [0.2, 0.25) is 0 Å². The number of hydrogen-bond donors (Lipinski definition) is 3. The largest absolute Gasteiger partial charge is 0.478 e. The van der Waals surface area contributed by atoms with Crippen LogP contribution < -0.4 is 5.32 Å². The zero-order valence-electron chi connectivity index (χ0n) is 9.77. The third-order valence-corrected chi connectivity index (χ3v) is 3.16. The van der Waals surface area contributed by atoms with Crippen molar-refractivity contribution in [3.8, 4) is 0 Å². The molecule has 94 valence electrons. The molecule has 2 heterocycles. The molecule has 0 aliphatic rings. The summed E-state index contributed by atoms with van der Waals surface area (Å²) >= 11 is 1.36. The van der Waals surface area contributed by atoms with Gasteiger partial charge in [0.15, 0.2) is 0 Å². The van der Waals surface area contributed by atoms with E-state index in [1.54, 1.807) is 19.2 Å². The molecular weight excluding hydrogens is 254 g/mol. The van der Waals surface area contributed by atoms with Gasteiger partial charge >= 0.3 is 5.97 Å². The highest BCUT2D eigenvalue weighted by Crippen LogP contribution is 2.20. The minimum absolute atomic E-state index is 0.0651. The molecule has 0 spiro atoms. The summed E-state index contributed by atoms with van der Waals surface area (Å²) in [7, 11) is 0. The fraction of sp³-hybridized carbons (Fsp3) is 0.182. The molecule has 2 aromatic rings. The molecule has 0 atom stereocenters. The van der Waals surface area contributed by atoms with Gasteiger partial charge in [-0.1, -0.05) is 0 Å². The van der Waals surface area contributed by atoms with Crippen molar-refractivity contribution < 1.29 is 14.7 Å². The Labute approximate surface area is 107 Å². The van der Waals surface area contributed by atoms with Gasteiger partial charge in [0.25, 0.3) is 5.91 Å². The highest BCUT2D eigenvalue weighted by atomic mass is 32.1. The Bertz CT molecular complexity index is 615. The lowest BCUT2D eigenvalue weighted by Gasteiger charge is -2.02. The molecular formula is C11H11N3O3S. The van der Waals surface area contributed by atoms with E-state index in [1.165, 1.54) is 17.5 Å². The van der Waals surface area contributed by atoms with Crippen molar-refractivity contribution in [2.75, 3.05) is 5.32 Å². The first-order valence-electron chi connectivity index (χ1n) is 5.13. The number of anilines is 1. The number of aromatic carboxylic acids is 1. The van der Waals surface area contributed by atoms with Crippen LogP contribution in [0, 0.1) is 13.8 Å². The lowest BCUT2D eigenvalue weighted by molar-refractivity contribution is 0.0697. The molecule has 2 rings (SSSR count). The summed E-state index contributed by atoms with van der Waals surface area (Å²) in [5.74, 6) is -1.50. The summed E-state index contributed by atoms with van der Waals surface area (Å²) in [5.41, 5.74) is 1.09. The Balaban J connectivity index is 2.25. The van der Waals surface area contributed by atoms with Crippen molar-refractivity contribution >= 4 is 28.9 Å². The number of carbonyl (C=O) groups excluding carboxylic acids is 1. The van der Waals surface area contributed by atoms with E-state index in [4.69, 9.17) is 5.11 Å². The van der Waals surface area contributed by atoms with E-state index in [0.717, 1.165) is 5.01 Å². The number of amides is 1. The zero-order chi connectivity index (χ0) is 13.3. The molecule has 0 saturated heterocycles. The number of carboxylic acids is 1. The lowest BCUT2D eigenvalue weighted by atomic mass is 10.2. The molecule has 0 bridgehead atoms. The monoisotopic (exact) mass is 265 g/mol. The highest BCUT2D eigenvalue weighted by Gasteiger charge is 2.18. The predicted octanol–water partition coefficient (Wildman–Crippen LogP) is 2.04. The van der Waals surface area contributed by atoms with Gasteiger partial charge in [-0.05, 0) is 13.8 Å². The first kappa shape index (κ1) is 12.3. The van der Waals surface area contributed by atoms with E-state index in [1.807, 2.05) is 0 Å². The SMILES string of the molecule is Cc1nc(C(=O)Nc2c[nH]c(C)c2C(=O)O)cs1. The molecule has 0 unspecified atom stereocenters. The van der Waals surface area contributed by atoms with Crippen molar-refractivity contribution in [2.45, 2.75) is 13.8 Å². The summed E-state index contributed by atoms with van der Waals surface area (Å²) in [6.45, 7) is 3.43. The van der Waals surface area contributed by atoms with Crippen molar-refractivity contribution in [3.63, 3.8) is 0 Å². The van der Waals surface area contributed by atoms with Gasteiger partial charge in [0.1, 0.15) is 11.3 Å². The van der Waals surface area contributed by atoms with Crippen molar-refractivity contribution in [1.82, 2.24) is 9.97 Å². The maximum absolute atomic E-state index is 11.8. The number of carboxylic acid groups (broad SMARTS) is 1. The normalized spacial score (nSPS) is 10.3. The molecule has 3 N–H and O–H groups in total. The molecule has 2 aromatic heterocycles. The van der Waals surface area contributed by atoms with Gasteiger partial charge in [-0.25, -0.2) is 9.78 Å². The summed E-state index contributed by atoms with van der Waals surface area (Å²) in [4.78, 5) is 29.7. The maximum Gasteiger partial charge on any atom is 0.339 e. The van der Waals surface area contributed by atoms with E-state index in [-0.39, 0.29) is 16.9 Å². The van der Waals surface area contributed by atoms with E-state index in [0.29, 0.717) is 5.69 Å². The van der Waals surface area contributed by atoms with Gasteiger partial charge in [0.2, 0.25) is 0 Å². The van der Waals surface area contributed by atoms with Crippen LogP contribution in [0.25, 0.3) is 0 Å². The van der Waals surface area contributed by atoms with Gasteiger partial charge in [-0.15, -0.1) is 11.3 Å². The van der Waals surface area contributed by atoms with Crippen LogP contribution in [0.3, 0.4) is 0 Å². The fourth-order valence-electron chi connectivity index (χ4n) is 1.56. The van der Waals surface area contributed by atoms with Crippen LogP contribution in [0.4, 0.5) is 5.69 Å². The number of aromatic amines is 1. The van der Waals surface area contributed by atoms with E-state index in [2.05, 4.69) is 15.3 Å². The number of rotatable bonds is 3. The summed E-state index contributed by atoms with van der Waals surface area (Å²) in [6.07, 6.45) is 1.45. The first-order chi connectivity index (χ1) is 8.49. The molecule has 0 saturated carbocycles. The topological polar surface area (TPSA) is 95.1 Å². The average Bonchev–Trinajstić information content (AvgIpc) is 2.85. The number of H-pyrrole nitrogens is 1. The third kappa shape index (κ3) is 2.25. The molecule has 0 aliphatic carbocycles. The average molecular weight is 265 g/mol. The standard InChI is InChI=1S/C11H11N3O3S/c1-5-9(11(16)17)7(3-12-5)14-10(15)8-4-18-6(2)13-8/h3-4,12H,1-2H3,(H,14,15)(H,16,17). The maximum atomic E-state index is 11.8. The molecule has 0 radical (unpaired) electrons. The van der Waals surface area contributed by atoms with Gasteiger partial charge in [0, 0.05) is 17.3 Å². The predicted molar refractivity (Wildman–Crippen MR) is 67.3 cm³/mol. The van der Waals surface area contributed by atoms with Crippen LogP contribution in [-0.4, -0.2) is 27.0 Å². The Morgan fingerprint density at radius 2 is 2.17 bits per heavy atom. The second kappa shape index (κ2) is 4.61. The van der Waals surface area contributed by atoms with Gasteiger partial charge in [-0.3, -0.25) is 4.79 Å². The Morgan fingerprint density at radius 3 is 2.72 bits per heavy atom. The van der Waals surface area contributed by atoms with Crippen LogP contribution in [0.5, 0.6) is 0 Å². The summed E-state index contributed by atoms with van der Waals surface area (Å²) < 4.78 is 0. The Morgan fingerprint density at radius 1 is 1.44 bits per heavy atom. The first-order valence-corrected chi connectivity index (χ1v) is 6.01. The number of carbonyl (C=O) groups is 2. The fourth-order valence-corrected chi connectivity index (χ4v) is 2.15. The van der Waals surface area contributed by atoms with Crippen molar-refractivity contribution in [1.29, 1.82) is 0 Å². The minimum atomic E-state index is -1.08. The van der Waals surface area contributed by atoms with Crippen molar-refractivity contribution in [2.24, 2.45) is 0 Å². The van der Waals surface area contributed by atoms with Crippen LogP contribution in [-0.2, 0) is 0 Å². The van der Waals surface area contributed by atoms with Gasteiger partial charge in [-0.2, -0.15) is 0 Å². The molecule has 0 aromatic carbocycles. The molecule has 1 amide bonds. The molecule has 7 heteroatoms. The number of nitrogens with zero attached hydrogens (tertiary/aromatic N) is 1. The van der Waals surface area contributed by atoms with Crippen LogP contribution >= 0.6 is 11.3 Å². The zero-order valence-corrected chi connectivity index (χ0v) is 10.6. The minimum Gasteiger partial charge on any atom is -0.478 e. The van der Waals surface area contributed by atoms with Gasteiger partial charge in [0.05, 0.1) is 10.7 Å². The number of thiazole rings is 1. The Hall–Kier alpha value is -2.15.